The monoisotopic (exact) mass is 620 g/mol. The summed E-state index contributed by atoms with van der Waals surface area (Å²) in [5.41, 5.74) is 11.3. The van der Waals surface area contributed by atoms with Crippen LogP contribution >= 0.6 is 0 Å². The van der Waals surface area contributed by atoms with Gasteiger partial charge in [0.05, 0.1) is 0 Å². The van der Waals surface area contributed by atoms with Crippen molar-refractivity contribution in [2.24, 2.45) is 0 Å². The van der Waals surface area contributed by atoms with Crippen LogP contribution in [0.2, 0.25) is 0 Å². The van der Waals surface area contributed by atoms with Crippen LogP contribution in [0.25, 0.3) is 22.3 Å². The molecule has 0 aromatic heterocycles. The summed E-state index contributed by atoms with van der Waals surface area (Å²) in [6, 6.07) is 33.8. The molecule has 0 nitrogen and oxygen atoms in total. The van der Waals surface area contributed by atoms with Gasteiger partial charge in [0.1, 0.15) is 0 Å². The largest absolute Gasteiger partial charge is 1.00 e. The molecule has 0 atom stereocenters. The molecule has 0 spiro atoms. The van der Waals surface area contributed by atoms with Crippen molar-refractivity contribution >= 4 is 3.21 Å². The minimum atomic E-state index is 0. The molecule has 1 aliphatic carbocycles. The fraction of sp³-hybridized carbons (Fsp3) is 0.314. The van der Waals surface area contributed by atoms with Crippen LogP contribution in [0.3, 0.4) is 0 Å². The van der Waals surface area contributed by atoms with Crippen LogP contribution in [0, 0.1) is 6.07 Å². The molecular formula is C35H40Cl2Zr-2. The summed E-state index contributed by atoms with van der Waals surface area (Å²) in [7, 11) is 0. The van der Waals surface area contributed by atoms with Crippen LogP contribution in [-0.4, -0.2) is 3.21 Å². The molecular weight excluding hydrogens is 583 g/mol. The maximum atomic E-state index is 3.53. The van der Waals surface area contributed by atoms with Crippen LogP contribution < -0.4 is 24.8 Å². The van der Waals surface area contributed by atoms with Gasteiger partial charge in [-0.05, 0) is 17.4 Å². The summed E-state index contributed by atoms with van der Waals surface area (Å²) in [6.45, 7) is 17.9. The topological polar surface area (TPSA) is 0 Å². The van der Waals surface area contributed by atoms with Gasteiger partial charge in [-0.25, -0.2) is 6.07 Å². The average molecular weight is 623 g/mol. The standard InChI is InChI=1S/C21H25.C11H9.C3H6.2ClH.Zr/c1-20(2,3)16-9-7-14-11-15-8-10-17(21(4,5)6)13-19(15)18(14)12-16;1-2-6-10(7-3-1)11-8-4-5-9-11;1-3-2;;;/h7,9-10,12-13H,11H2,1-6H3;1-9H;1-2H3;2*1H;/q2*-1;;;;+2/p-2. The Morgan fingerprint density at radius 3 is 1.87 bits per heavy atom. The Bertz CT molecular complexity index is 1220. The Morgan fingerprint density at radius 1 is 0.763 bits per heavy atom. The molecule has 4 aromatic carbocycles. The quantitative estimate of drug-likeness (QED) is 0.252. The van der Waals surface area contributed by atoms with Crippen LogP contribution in [0.5, 0.6) is 0 Å². The molecule has 3 heteroatoms. The zero-order valence-electron chi connectivity index (χ0n) is 24.0. The van der Waals surface area contributed by atoms with Gasteiger partial charge in [0.15, 0.2) is 0 Å². The summed E-state index contributed by atoms with van der Waals surface area (Å²) in [4.78, 5) is 0. The summed E-state index contributed by atoms with van der Waals surface area (Å²) in [5.74, 6) is 0. The Morgan fingerprint density at radius 2 is 1.34 bits per heavy atom. The minimum absolute atomic E-state index is 0. The van der Waals surface area contributed by atoms with Crippen molar-refractivity contribution in [2.75, 3.05) is 0 Å². The van der Waals surface area contributed by atoms with E-state index in [2.05, 4.69) is 140 Å². The zero-order chi connectivity index (χ0) is 26.5. The number of halogens is 2. The maximum absolute atomic E-state index is 3.53. The predicted octanol–water partition coefficient (Wildman–Crippen LogP) is 3.48. The fourth-order valence-electron chi connectivity index (χ4n) is 4.18. The van der Waals surface area contributed by atoms with E-state index in [1.165, 1.54) is 47.7 Å². The van der Waals surface area contributed by atoms with Crippen molar-refractivity contribution in [1.29, 1.82) is 0 Å². The van der Waals surface area contributed by atoms with Gasteiger partial charge in [-0.1, -0.05) is 112 Å². The molecule has 1 aliphatic rings. The Labute approximate surface area is 258 Å². The van der Waals surface area contributed by atoms with E-state index in [-0.39, 0.29) is 35.6 Å². The number of fused-ring (bicyclic) bond motifs is 3. The predicted molar refractivity (Wildman–Crippen MR) is 155 cm³/mol. The van der Waals surface area contributed by atoms with Crippen LogP contribution in [0.4, 0.5) is 0 Å². The number of hydrogen-bond acceptors (Lipinski definition) is 0. The molecule has 0 heterocycles. The van der Waals surface area contributed by atoms with Gasteiger partial charge < -0.3 is 24.8 Å². The van der Waals surface area contributed by atoms with Gasteiger partial charge in [-0.15, -0.1) is 5.56 Å². The summed E-state index contributed by atoms with van der Waals surface area (Å²) in [5, 5.41) is 0. The normalized spacial score (nSPS) is 11.3. The molecule has 0 aliphatic heterocycles. The Balaban J connectivity index is 0.000000358. The third-order valence-electron chi connectivity index (χ3n) is 6.30. The van der Waals surface area contributed by atoms with Crippen molar-refractivity contribution in [3.8, 4) is 22.3 Å². The van der Waals surface area contributed by atoms with Crippen molar-refractivity contribution < 1.29 is 49.0 Å². The Kier molecular flexibility index (Phi) is 13.3. The fourth-order valence-corrected chi connectivity index (χ4v) is 4.18. The molecule has 0 amide bonds. The summed E-state index contributed by atoms with van der Waals surface area (Å²) in [6.07, 6.45) is 1.03. The van der Waals surface area contributed by atoms with Gasteiger partial charge in [0.25, 0.3) is 0 Å². The molecule has 0 unspecified atom stereocenters. The third-order valence-corrected chi connectivity index (χ3v) is 6.30. The van der Waals surface area contributed by atoms with E-state index in [4.69, 9.17) is 0 Å². The van der Waals surface area contributed by atoms with Crippen LogP contribution in [0.15, 0.2) is 84.9 Å². The smallest absolute Gasteiger partial charge is 0.0623 e. The molecule has 5 rings (SSSR count). The van der Waals surface area contributed by atoms with Crippen molar-refractivity contribution in [3.63, 3.8) is 0 Å². The van der Waals surface area contributed by atoms with Gasteiger partial charge in [-0.3, -0.25) is 0 Å². The van der Waals surface area contributed by atoms with Crippen molar-refractivity contribution in [3.05, 3.63) is 113 Å². The van der Waals surface area contributed by atoms with E-state index in [0.29, 0.717) is 0 Å². The van der Waals surface area contributed by atoms with Gasteiger partial charge in [-0.2, -0.15) is 53.1 Å². The summed E-state index contributed by atoms with van der Waals surface area (Å²) < 4.78 is 1.51. The van der Waals surface area contributed by atoms with Crippen LogP contribution in [0.1, 0.15) is 77.6 Å². The second-order valence-corrected chi connectivity index (χ2v) is 14.3. The van der Waals surface area contributed by atoms with E-state index < -0.39 is 0 Å². The molecule has 0 bridgehead atoms. The van der Waals surface area contributed by atoms with E-state index in [9.17, 15) is 0 Å². The molecule has 0 N–H and O–H groups in total. The number of benzene rings is 3. The van der Waals surface area contributed by atoms with Gasteiger partial charge in [0, 0.05) is 0 Å². The maximum Gasteiger partial charge on any atom is -0.0623 e. The van der Waals surface area contributed by atoms with Crippen molar-refractivity contribution in [1.82, 2.24) is 0 Å². The van der Waals surface area contributed by atoms with Crippen molar-refractivity contribution in [2.45, 2.75) is 72.6 Å². The summed E-state index contributed by atoms with van der Waals surface area (Å²) >= 11 is 1.55. The van der Waals surface area contributed by atoms with E-state index in [0.717, 1.165) is 6.42 Å². The van der Waals surface area contributed by atoms with Gasteiger partial charge >= 0.3 is 41.3 Å². The molecule has 0 radical (unpaired) electrons. The first-order valence-electron chi connectivity index (χ1n) is 12.8. The van der Waals surface area contributed by atoms with Crippen LogP contribution in [-0.2, 0) is 41.5 Å². The molecule has 0 saturated carbocycles. The zero-order valence-corrected chi connectivity index (χ0v) is 28.0. The second-order valence-electron chi connectivity index (χ2n) is 11.9. The average Bonchev–Trinajstić information content (AvgIpc) is 3.46. The molecule has 38 heavy (non-hydrogen) atoms. The number of hydrogen-bond donors (Lipinski definition) is 0. The molecule has 200 valence electrons. The Hall–Kier alpha value is -1.66. The first-order valence-corrected chi connectivity index (χ1v) is 14.1. The van der Waals surface area contributed by atoms with E-state index in [1.54, 1.807) is 24.2 Å². The minimum Gasteiger partial charge on any atom is -1.00 e. The SMILES string of the molecule is CC(C)(C)c1c[c-]c2c(c1)-c1cc(C(C)(C)C)ccc1C2.C[C](C)=[Zr+2].[Cl-].[Cl-].c1ccc(-c2cc[cH-]c2)cc1. The van der Waals surface area contributed by atoms with Gasteiger partial charge in [0.2, 0.25) is 0 Å². The van der Waals surface area contributed by atoms with E-state index >= 15 is 0 Å². The third kappa shape index (κ3) is 9.52. The number of rotatable bonds is 1. The second kappa shape index (κ2) is 14.6. The van der Waals surface area contributed by atoms with E-state index in [1.807, 2.05) is 6.07 Å². The molecule has 0 fully saturated rings. The first kappa shape index (κ1) is 34.4. The molecule has 0 saturated heterocycles. The first-order chi connectivity index (χ1) is 16.9. The molecule has 4 aromatic rings.